The van der Waals surface area contributed by atoms with Gasteiger partial charge in [-0.3, -0.25) is 4.79 Å². The number of esters is 1. The van der Waals surface area contributed by atoms with Crippen LogP contribution >= 0.6 is 0 Å². The summed E-state index contributed by atoms with van der Waals surface area (Å²) in [4.78, 5) is 11.1. The molecule has 0 radical (unpaired) electrons. The van der Waals surface area contributed by atoms with Crippen LogP contribution in [0.1, 0.15) is 19.3 Å². The standard InChI is InChI=1S/C8H12O3/c1-10-8-6-4-2-3-5(6)7(9)11-8/h5-6,8H,2-4H2,1H3/t5-,6+,8?/m1/s1. The molecule has 1 saturated heterocycles. The van der Waals surface area contributed by atoms with Gasteiger partial charge in [-0.2, -0.15) is 0 Å². The molecular formula is C8H12O3. The summed E-state index contributed by atoms with van der Waals surface area (Å²) in [5.74, 6) is 0.423. The lowest BCUT2D eigenvalue weighted by molar-refractivity contribution is -0.162. The lowest BCUT2D eigenvalue weighted by atomic mass is 9.99. The molecule has 3 atom stereocenters. The number of carbonyl (C=O) groups excluding carboxylic acids is 1. The largest absolute Gasteiger partial charge is 0.435 e. The Morgan fingerprint density at radius 2 is 2.36 bits per heavy atom. The summed E-state index contributed by atoms with van der Waals surface area (Å²) in [6.45, 7) is 0. The zero-order valence-electron chi connectivity index (χ0n) is 6.58. The van der Waals surface area contributed by atoms with Crippen LogP contribution in [0, 0.1) is 11.8 Å². The SMILES string of the molecule is COC1OC(=O)[C@@H]2CCC[C@H]12. The summed E-state index contributed by atoms with van der Waals surface area (Å²) in [5, 5.41) is 0. The Labute approximate surface area is 65.7 Å². The van der Waals surface area contributed by atoms with Crippen LogP contribution < -0.4 is 0 Å². The van der Waals surface area contributed by atoms with E-state index < -0.39 is 0 Å². The Bertz CT molecular complexity index is 178. The molecule has 2 aliphatic rings. The first kappa shape index (κ1) is 7.10. The second-order valence-electron chi connectivity index (χ2n) is 3.24. The summed E-state index contributed by atoms with van der Waals surface area (Å²) in [7, 11) is 1.60. The highest BCUT2D eigenvalue weighted by atomic mass is 16.7. The predicted octanol–water partition coefficient (Wildman–Crippen LogP) is 0.932. The number of hydrogen-bond acceptors (Lipinski definition) is 3. The van der Waals surface area contributed by atoms with Gasteiger partial charge < -0.3 is 9.47 Å². The number of carbonyl (C=O) groups is 1. The van der Waals surface area contributed by atoms with E-state index in [1.807, 2.05) is 0 Å². The Kier molecular flexibility index (Phi) is 1.60. The number of methoxy groups -OCH3 is 1. The maximum atomic E-state index is 11.1. The van der Waals surface area contributed by atoms with E-state index in [-0.39, 0.29) is 18.2 Å². The molecule has 0 aromatic heterocycles. The Balaban J connectivity index is 2.13. The Morgan fingerprint density at radius 1 is 1.55 bits per heavy atom. The van der Waals surface area contributed by atoms with Gasteiger partial charge in [-0.15, -0.1) is 0 Å². The minimum absolute atomic E-state index is 0.0562. The smallest absolute Gasteiger partial charge is 0.311 e. The molecule has 3 nitrogen and oxygen atoms in total. The minimum atomic E-state index is -0.255. The van der Waals surface area contributed by atoms with E-state index in [1.54, 1.807) is 7.11 Å². The van der Waals surface area contributed by atoms with Crippen LogP contribution in [0.15, 0.2) is 0 Å². The fourth-order valence-electron chi connectivity index (χ4n) is 2.12. The molecule has 11 heavy (non-hydrogen) atoms. The van der Waals surface area contributed by atoms with E-state index in [1.165, 1.54) is 0 Å². The second-order valence-corrected chi connectivity index (χ2v) is 3.24. The lowest BCUT2D eigenvalue weighted by Crippen LogP contribution is -2.18. The van der Waals surface area contributed by atoms with E-state index in [0.29, 0.717) is 5.92 Å². The zero-order valence-corrected chi connectivity index (χ0v) is 6.58. The highest BCUT2D eigenvalue weighted by Gasteiger charge is 2.47. The highest BCUT2D eigenvalue weighted by molar-refractivity contribution is 5.75. The molecular weight excluding hydrogens is 144 g/mol. The molecule has 3 heteroatoms. The average Bonchev–Trinajstić information content (AvgIpc) is 2.54. The fraction of sp³-hybridized carbons (Fsp3) is 0.875. The number of hydrogen-bond donors (Lipinski definition) is 0. The molecule has 62 valence electrons. The average molecular weight is 156 g/mol. The minimum Gasteiger partial charge on any atom is -0.435 e. The summed E-state index contributed by atoms with van der Waals surface area (Å²) in [6.07, 6.45) is 2.96. The third-order valence-corrected chi connectivity index (χ3v) is 2.69. The molecule has 2 rings (SSSR count). The van der Waals surface area contributed by atoms with Crippen molar-refractivity contribution in [3.05, 3.63) is 0 Å². The molecule has 0 spiro atoms. The normalized spacial score (nSPS) is 42.3. The lowest BCUT2D eigenvalue weighted by Gasteiger charge is -2.12. The van der Waals surface area contributed by atoms with Gasteiger partial charge in [-0.05, 0) is 12.8 Å². The van der Waals surface area contributed by atoms with E-state index in [9.17, 15) is 4.79 Å². The van der Waals surface area contributed by atoms with Crippen LogP contribution in [0.25, 0.3) is 0 Å². The van der Waals surface area contributed by atoms with Crippen molar-refractivity contribution in [2.75, 3.05) is 7.11 Å². The maximum Gasteiger partial charge on any atom is 0.311 e. The maximum absolute atomic E-state index is 11.1. The van der Waals surface area contributed by atoms with Crippen molar-refractivity contribution in [2.45, 2.75) is 25.6 Å². The molecule has 0 aromatic rings. The van der Waals surface area contributed by atoms with Crippen molar-refractivity contribution in [1.82, 2.24) is 0 Å². The second kappa shape index (κ2) is 2.48. The van der Waals surface area contributed by atoms with E-state index in [2.05, 4.69) is 0 Å². The van der Waals surface area contributed by atoms with E-state index in [0.717, 1.165) is 19.3 Å². The molecule has 2 fully saturated rings. The zero-order chi connectivity index (χ0) is 7.84. The number of ether oxygens (including phenoxy) is 2. The summed E-state index contributed by atoms with van der Waals surface area (Å²) < 4.78 is 10.1. The summed E-state index contributed by atoms with van der Waals surface area (Å²) in [5.41, 5.74) is 0. The Hall–Kier alpha value is -0.570. The first-order chi connectivity index (χ1) is 5.33. The molecule has 1 heterocycles. The summed E-state index contributed by atoms with van der Waals surface area (Å²) in [6, 6.07) is 0. The van der Waals surface area contributed by atoms with Crippen LogP contribution in [0.3, 0.4) is 0 Å². The van der Waals surface area contributed by atoms with Crippen LogP contribution in [0.5, 0.6) is 0 Å². The first-order valence-electron chi connectivity index (χ1n) is 4.06. The molecule has 1 unspecified atom stereocenters. The molecule has 0 amide bonds. The van der Waals surface area contributed by atoms with Crippen molar-refractivity contribution in [1.29, 1.82) is 0 Å². The molecule has 1 saturated carbocycles. The number of cyclic esters (lactones) is 1. The molecule has 0 bridgehead atoms. The quantitative estimate of drug-likeness (QED) is 0.530. The van der Waals surface area contributed by atoms with Crippen molar-refractivity contribution >= 4 is 5.97 Å². The number of fused-ring (bicyclic) bond motifs is 1. The summed E-state index contributed by atoms with van der Waals surface area (Å²) >= 11 is 0. The van der Waals surface area contributed by atoms with E-state index >= 15 is 0 Å². The molecule has 1 aliphatic heterocycles. The van der Waals surface area contributed by atoms with Crippen LogP contribution in [-0.2, 0) is 14.3 Å². The molecule has 1 aliphatic carbocycles. The van der Waals surface area contributed by atoms with Crippen LogP contribution in [0.4, 0.5) is 0 Å². The predicted molar refractivity (Wildman–Crippen MR) is 37.7 cm³/mol. The fourth-order valence-corrected chi connectivity index (χ4v) is 2.12. The third kappa shape index (κ3) is 0.948. The van der Waals surface area contributed by atoms with Gasteiger partial charge in [0.15, 0.2) is 0 Å². The van der Waals surface area contributed by atoms with Gasteiger partial charge in [0, 0.05) is 13.0 Å². The van der Waals surface area contributed by atoms with Crippen molar-refractivity contribution in [2.24, 2.45) is 11.8 Å². The van der Waals surface area contributed by atoms with Crippen molar-refractivity contribution < 1.29 is 14.3 Å². The van der Waals surface area contributed by atoms with Gasteiger partial charge in [-0.25, -0.2) is 0 Å². The topological polar surface area (TPSA) is 35.5 Å². The van der Waals surface area contributed by atoms with Gasteiger partial charge in [0.2, 0.25) is 6.29 Å². The Morgan fingerprint density at radius 3 is 3.09 bits per heavy atom. The van der Waals surface area contributed by atoms with Crippen molar-refractivity contribution in [3.63, 3.8) is 0 Å². The first-order valence-corrected chi connectivity index (χ1v) is 4.06. The van der Waals surface area contributed by atoms with Gasteiger partial charge in [-0.1, -0.05) is 6.42 Å². The third-order valence-electron chi connectivity index (χ3n) is 2.69. The number of rotatable bonds is 1. The van der Waals surface area contributed by atoms with Gasteiger partial charge in [0.05, 0.1) is 5.92 Å². The molecule has 0 aromatic carbocycles. The van der Waals surface area contributed by atoms with Crippen LogP contribution in [0.2, 0.25) is 0 Å². The van der Waals surface area contributed by atoms with Crippen molar-refractivity contribution in [3.8, 4) is 0 Å². The highest BCUT2D eigenvalue weighted by Crippen LogP contribution is 2.41. The van der Waals surface area contributed by atoms with Gasteiger partial charge >= 0.3 is 5.97 Å². The molecule has 0 N–H and O–H groups in total. The van der Waals surface area contributed by atoms with Crippen LogP contribution in [-0.4, -0.2) is 19.4 Å². The van der Waals surface area contributed by atoms with E-state index in [4.69, 9.17) is 9.47 Å². The van der Waals surface area contributed by atoms with Gasteiger partial charge in [0.1, 0.15) is 0 Å². The monoisotopic (exact) mass is 156 g/mol. The van der Waals surface area contributed by atoms with Gasteiger partial charge in [0.25, 0.3) is 0 Å².